The van der Waals surface area contributed by atoms with Crippen LogP contribution in [0, 0.1) is 17.0 Å². The molecule has 0 saturated heterocycles. The number of hydrogen-bond acceptors (Lipinski definition) is 4. The molecule has 1 amide bonds. The smallest absolute Gasteiger partial charge is 0.301 e. The van der Waals surface area contributed by atoms with Crippen LogP contribution >= 0.6 is 0 Å². The summed E-state index contributed by atoms with van der Waals surface area (Å²) in [6.45, 7) is 1.79. The van der Waals surface area contributed by atoms with E-state index in [0.717, 1.165) is 5.56 Å². The van der Waals surface area contributed by atoms with Crippen molar-refractivity contribution >= 4 is 17.4 Å². The fourth-order valence-electron chi connectivity index (χ4n) is 1.47. The zero-order chi connectivity index (χ0) is 13.1. The number of amides is 1. The summed E-state index contributed by atoms with van der Waals surface area (Å²) in [5.74, 6) is 0. The van der Waals surface area contributed by atoms with E-state index in [1.165, 1.54) is 29.4 Å². The molecule has 0 saturated carbocycles. The molecule has 1 aromatic carbocycles. The number of hydrogen-bond donors (Lipinski definition) is 1. The van der Waals surface area contributed by atoms with Gasteiger partial charge in [-0.25, -0.2) is 9.78 Å². The summed E-state index contributed by atoms with van der Waals surface area (Å²) in [4.78, 5) is 25.8. The second kappa shape index (κ2) is 4.66. The van der Waals surface area contributed by atoms with Crippen LogP contribution in [0.1, 0.15) is 5.56 Å². The number of carbonyl (C=O) groups is 1. The Hall–Kier alpha value is -2.70. The number of imidazole rings is 1. The van der Waals surface area contributed by atoms with Gasteiger partial charge in [0.1, 0.15) is 12.0 Å². The van der Waals surface area contributed by atoms with Gasteiger partial charge in [-0.15, -0.1) is 0 Å². The summed E-state index contributed by atoms with van der Waals surface area (Å²) in [5.41, 5.74) is 0.842. The number of nitro benzene ring substituents is 1. The molecule has 0 fully saturated rings. The summed E-state index contributed by atoms with van der Waals surface area (Å²) in [6, 6.07) is 4.03. The van der Waals surface area contributed by atoms with Crippen molar-refractivity contribution < 1.29 is 9.72 Å². The molecule has 1 heterocycles. The Morgan fingerprint density at radius 1 is 1.50 bits per heavy atom. The quantitative estimate of drug-likeness (QED) is 0.649. The van der Waals surface area contributed by atoms with Crippen LogP contribution in [0.15, 0.2) is 36.9 Å². The van der Waals surface area contributed by atoms with Gasteiger partial charge in [0.15, 0.2) is 0 Å². The maximum absolute atomic E-state index is 11.8. The highest BCUT2D eigenvalue weighted by Crippen LogP contribution is 2.25. The predicted octanol–water partition coefficient (Wildman–Crippen LogP) is 2.18. The van der Waals surface area contributed by atoms with Gasteiger partial charge in [-0.3, -0.25) is 14.7 Å². The number of aromatic nitrogens is 2. The number of nitrogens with zero attached hydrogens (tertiary/aromatic N) is 3. The number of nitrogens with one attached hydrogen (secondary N) is 1. The van der Waals surface area contributed by atoms with E-state index in [0.29, 0.717) is 0 Å². The van der Waals surface area contributed by atoms with Crippen molar-refractivity contribution in [3.05, 3.63) is 52.6 Å². The lowest BCUT2D eigenvalue weighted by Gasteiger charge is -2.06. The molecule has 0 unspecified atom stereocenters. The van der Waals surface area contributed by atoms with Crippen LogP contribution in [0.3, 0.4) is 0 Å². The normalized spacial score (nSPS) is 10.1. The van der Waals surface area contributed by atoms with Crippen LogP contribution in [0.25, 0.3) is 0 Å². The van der Waals surface area contributed by atoms with Gasteiger partial charge in [-0.2, -0.15) is 0 Å². The summed E-state index contributed by atoms with van der Waals surface area (Å²) in [6.07, 6.45) is 4.22. The zero-order valence-electron chi connectivity index (χ0n) is 9.53. The molecule has 2 aromatic rings. The molecule has 7 heteroatoms. The molecule has 0 radical (unpaired) electrons. The second-order valence-electron chi connectivity index (χ2n) is 3.68. The highest BCUT2D eigenvalue weighted by atomic mass is 16.6. The first-order chi connectivity index (χ1) is 8.58. The van der Waals surface area contributed by atoms with Crippen LogP contribution in [-0.2, 0) is 0 Å². The van der Waals surface area contributed by atoms with Crippen molar-refractivity contribution in [2.24, 2.45) is 0 Å². The maximum Gasteiger partial charge on any atom is 0.331 e. The van der Waals surface area contributed by atoms with Crippen molar-refractivity contribution in [3.63, 3.8) is 0 Å². The van der Waals surface area contributed by atoms with Gasteiger partial charge >= 0.3 is 6.03 Å². The second-order valence-corrected chi connectivity index (χ2v) is 3.68. The third-order valence-corrected chi connectivity index (χ3v) is 2.33. The Kier molecular flexibility index (Phi) is 3.05. The molecule has 0 bridgehead atoms. The first kappa shape index (κ1) is 11.8. The monoisotopic (exact) mass is 246 g/mol. The van der Waals surface area contributed by atoms with Crippen molar-refractivity contribution in [1.82, 2.24) is 9.55 Å². The minimum atomic E-state index is -0.539. The number of nitro groups is 1. The third-order valence-electron chi connectivity index (χ3n) is 2.33. The minimum absolute atomic E-state index is 0.144. The van der Waals surface area contributed by atoms with E-state index in [1.807, 2.05) is 0 Å². The van der Waals surface area contributed by atoms with E-state index < -0.39 is 11.0 Å². The molecule has 7 nitrogen and oxygen atoms in total. The summed E-state index contributed by atoms with van der Waals surface area (Å²) < 4.78 is 1.20. The van der Waals surface area contributed by atoms with Crippen LogP contribution in [0.5, 0.6) is 0 Å². The Bertz CT molecular complexity index is 592. The van der Waals surface area contributed by atoms with Crippen molar-refractivity contribution in [1.29, 1.82) is 0 Å². The lowest BCUT2D eigenvalue weighted by Crippen LogP contribution is -2.18. The SMILES string of the molecule is Cc1ccc([N+](=O)[O-])c(NC(=O)n2ccnc2)c1. The fourth-order valence-corrected chi connectivity index (χ4v) is 1.47. The molecule has 2 rings (SSSR count). The van der Waals surface area contributed by atoms with Gasteiger partial charge in [0.25, 0.3) is 5.69 Å². The maximum atomic E-state index is 11.8. The Balaban J connectivity index is 2.31. The van der Waals surface area contributed by atoms with Crippen LogP contribution < -0.4 is 5.32 Å². The highest BCUT2D eigenvalue weighted by Gasteiger charge is 2.16. The van der Waals surface area contributed by atoms with E-state index in [1.54, 1.807) is 19.1 Å². The molecular weight excluding hydrogens is 236 g/mol. The van der Waals surface area contributed by atoms with Crippen molar-refractivity contribution in [2.45, 2.75) is 6.92 Å². The first-order valence-corrected chi connectivity index (χ1v) is 5.12. The molecule has 1 aromatic heterocycles. The fraction of sp³-hybridized carbons (Fsp3) is 0.0909. The summed E-state index contributed by atoms with van der Waals surface area (Å²) >= 11 is 0. The van der Waals surface area contributed by atoms with Gasteiger partial charge in [0.05, 0.1) is 4.92 Å². The van der Waals surface area contributed by atoms with Crippen LogP contribution in [0.4, 0.5) is 16.2 Å². The Labute approximate surface area is 102 Å². The lowest BCUT2D eigenvalue weighted by molar-refractivity contribution is -0.383. The third kappa shape index (κ3) is 2.34. The summed E-state index contributed by atoms with van der Waals surface area (Å²) in [7, 11) is 0. The number of anilines is 1. The van der Waals surface area contributed by atoms with Gasteiger partial charge in [0, 0.05) is 18.5 Å². The molecule has 18 heavy (non-hydrogen) atoms. The average Bonchev–Trinajstić information content (AvgIpc) is 2.81. The van der Waals surface area contributed by atoms with Crippen molar-refractivity contribution in [3.8, 4) is 0 Å². The van der Waals surface area contributed by atoms with E-state index >= 15 is 0 Å². The largest absolute Gasteiger partial charge is 0.331 e. The van der Waals surface area contributed by atoms with Gasteiger partial charge in [-0.1, -0.05) is 6.07 Å². The molecule has 0 aliphatic rings. The molecular formula is C11H10N4O3. The zero-order valence-corrected chi connectivity index (χ0v) is 9.53. The van der Waals surface area contributed by atoms with E-state index in [2.05, 4.69) is 10.3 Å². The first-order valence-electron chi connectivity index (χ1n) is 5.12. The molecule has 92 valence electrons. The average molecular weight is 246 g/mol. The molecule has 0 atom stereocenters. The lowest BCUT2D eigenvalue weighted by atomic mass is 10.2. The van der Waals surface area contributed by atoms with Gasteiger partial charge in [-0.05, 0) is 18.6 Å². The molecule has 1 N–H and O–H groups in total. The van der Waals surface area contributed by atoms with Crippen LogP contribution in [-0.4, -0.2) is 20.5 Å². The van der Waals surface area contributed by atoms with E-state index in [-0.39, 0.29) is 11.4 Å². The Morgan fingerprint density at radius 2 is 2.28 bits per heavy atom. The molecule has 0 aliphatic carbocycles. The molecule has 0 spiro atoms. The predicted molar refractivity (Wildman–Crippen MR) is 64.5 cm³/mol. The number of rotatable bonds is 2. The topological polar surface area (TPSA) is 90.1 Å². The summed E-state index contributed by atoms with van der Waals surface area (Å²) in [5, 5.41) is 13.3. The highest BCUT2D eigenvalue weighted by molar-refractivity contribution is 5.93. The van der Waals surface area contributed by atoms with Gasteiger partial charge < -0.3 is 5.32 Å². The number of aryl methyl sites for hydroxylation is 1. The van der Waals surface area contributed by atoms with Gasteiger partial charge in [0.2, 0.25) is 0 Å². The van der Waals surface area contributed by atoms with Crippen molar-refractivity contribution in [2.75, 3.05) is 5.32 Å². The standard InChI is InChI=1S/C11H10N4O3/c1-8-2-3-10(15(17)18)9(6-8)13-11(16)14-5-4-12-7-14/h2-7H,1H3,(H,13,16). The minimum Gasteiger partial charge on any atom is -0.301 e. The van der Waals surface area contributed by atoms with E-state index in [4.69, 9.17) is 0 Å². The van der Waals surface area contributed by atoms with Crippen LogP contribution in [0.2, 0.25) is 0 Å². The Morgan fingerprint density at radius 3 is 2.89 bits per heavy atom. The number of benzene rings is 1. The molecule has 0 aliphatic heterocycles. The van der Waals surface area contributed by atoms with E-state index in [9.17, 15) is 14.9 Å². The number of carbonyl (C=O) groups excluding carboxylic acids is 1.